The Bertz CT molecular complexity index is 213. The average molecular weight is 216 g/mol. The standard InChI is InChI=1S/C11H20O4/c1-3-4-10(5-6-12)9(2)11(14)15-8-7-13/h12-13H,3-8H2,1-2H3. The van der Waals surface area contributed by atoms with Crippen LogP contribution < -0.4 is 0 Å². The van der Waals surface area contributed by atoms with Crippen LogP contribution in [0.5, 0.6) is 0 Å². The fraction of sp³-hybridized carbons (Fsp3) is 0.727. The van der Waals surface area contributed by atoms with Gasteiger partial charge in [-0.1, -0.05) is 18.9 Å². The Hall–Kier alpha value is -0.870. The Balaban J connectivity index is 4.44. The Morgan fingerprint density at radius 1 is 1.20 bits per heavy atom. The molecule has 0 unspecified atom stereocenters. The normalized spacial score (nSPS) is 12.3. The molecule has 0 spiro atoms. The number of rotatable bonds is 7. The van der Waals surface area contributed by atoms with E-state index in [0.717, 1.165) is 18.4 Å². The minimum absolute atomic E-state index is 0.0225. The highest BCUT2D eigenvalue weighted by molar-refractivity contribution is 5.88. The van der Waals surface area contributed by atoms with E-state index in [4.69, 9.17) is 14.9 Å². The highest BCUT2D eigenvalue weighted by Crippen LogP contribution is 2.15. The number of esters is 1. The summed E-state index contributed by atoms with van der Waals surface area (Å²) < 4.78 is 4.80. The van der Waals surface area contributed by atoms with Gasteiger partial charge in [0.1, 0.15) is 6.61 Å². The van der Waals surface area contributed by atoms with Crippen LogP contribution in [0.1, 0.15) is 33.1 Å². The molecule has 4 heteroatoms. The molecule has 0 bridgehead atoms. The molecule has 0 saturated heterocycles. The molecule has 0 aromatic heterocycles. The van der Waals surface area contributed by atoms with Crippen LogP contribution in [0.15, 0.2) is 11.1 Å². The molecule has 0 atom stereocenters. The van der Waals surface area contributed by atoms with Crippen molar-refractivity contribution in [3.8, 4) is 0 Å². The molecule has 0 aliphatic carbocycles. The van der Waals surface area contributed by atoms with Crippen molar-refractivity contribution in [3.63, 3.8) is 0 Å². The number of hydrogen-bond acceptors (Lipinski definition) is 4. The van der Waals surface area contributed by atoms with Crippen molar-refractivity contribution in [3.05, 3.63) is 11.1 Å². The van der Waals surface area contributed by atoms with Crippen LogP contribution in [-0.2, 0) is 9.53 Å². The summed E-state index contributed by atoms with van der Waals surface area (Å²) >= 11 is 0. The van der Waals surface area contributed by atoms with Gasteiger partial charge in [0.25, 0.3) is 0 Å². The maximum Gasteiger partial charge on any atom is 0.333 e. The first-order valence-electron chi connectivity index (χ1n) is 5.24. The predicted molar refractivity (Wildman–Crippen MR) is 57.4 cm³/mol. The fourth-order valence-corrected chi connectivity index (χ4v) is 1.33. The van der Waals surface area contributed by atoms with Gasteiger partial charge < -0.3 is 14.9 Å². The van der Waals surface area contributed by atoms with Crippen molar-refractivity contribution in [2.75, 3.05) is 19.8 Å². The fourth-order valence-electron chi connectivity index (χ4n) is 1.33. The molecule has 88 valence electrons. The van der Waals surface area contributed by atoms with E-state index < -0.39 is 5.97 Å². The van der Waals surface area contributed by atoms with Crippen molar-refractivity contribution in [1.29, 1.82) is 0 Å². The number of carbonyl (C=O) groups is 1. The van der Waals surface area contributed by atoms with Gasteiger partial charge in [0.2, 0.25) is 0 Å². The zero-order chi connectivity index (χ0) is 11.7. The molecule has 2 N–H and O–H groups in total. The monoisotopic (exact) mass is 216 g/mol. The lowest BCUT2D eigenvalue weighted by Gasteiger charge is -2.09. The molecule has 0 amide bonds. The topological polar surface area (TPSA) is 66.8 Å². The largest absolute Gasteiger partial charge is 0.460 e. The second kappa shape index (κ2) is 8.44. The molecule has 0 aromatic carbocycles. The summed E-state index contributed by atoms with van der Waals surface area (Å²) in [5.41, 5.74) is 1.49. The van der Waals surface area contributed by atoms with E-state index in [-0.39, 0.29) is 19.8 Å². The van der Waals surface area contributed by atoms with Gasteiger partial charge in [-0.05, 0) is 19.8 Å². The highest BCUT2D eigenvalue weighted by atomic mass is 16.5. The molecular formula is C11H20O4. The predicted octanol–water partition coefficient (Wildman–Crippen LogP) is 1.02. The van der Waals surface area contributed by atoms with Crippen LogP contribution in [0, 0.1) is 0 Å². The third-order valence-electron chi connectivity index (χ3n) is 2.13. The highest BCUT2D eigenvalue weighted by Gasteiger charge is 2.11. The zero-order valence-electron chi connectivity index (χ0n) is 9.45. The second-order valence-corrected chi connectivity index (χ2v) is 3.31. The smallest absolute Gasteiger partial charge is 0.333 e. The summed E-state index contributed by atoms with van der Waals surface area (Å²) in [7, 11) is 0. The van der Waals surface area contributed by atoms with Crippen LogP contribution in [0.4, 0.5) is 0 Å². The Kier molecular flexibility index (Phi) is 7.95. The minimum Gasteiger partial charge on any atom is -0.460 e. The van der Waals surface area contributed by atoms with E-state index in [9.17, 15) is 4.79 Å². The molecule has 0 aliphatic heterocycles. The summed E-state index contributed by atoms with van der Waals surface area (Å²) in [6, 6.07) is 0. The summed E-state index contributed by atoms with van der Waals surface area (Å²) in [4.78, 5) is 11.4. The SMILES string of the molecule is CCCC(CCO)=C(C)C(=O)OCCO. The van der Waals surface area contributed by atoms with Gasteiger partial charge in [0, 0.05) is 12.2 Å². The van der Waals surface area contributed by atoms with Gasteiger partial charge in [-0.2, -0.15) is 0 Å². The molecule has 0 rings (SSSR count). The van der Waals surface area contributed by atoms with Crippen LogP contribution in [0.3, 0.4) is 0 Å². The summed E-state index contributed by atoms with van der Waals surface area (Å²) in [6.07, 6.45) is 2.23. The van der Waals surface area contributed by atoms with Gasteiger partial charge in [-0.25, -0.2) is 4.79 Å². The molecule has 0 aliphatic rings. The summed E-state index contributed by atoms with van der Waals surface area (Å²) in [5.74, 6) is -0.402. The van der Waals surface area contributed by atoms with E-state index in [1.807, 2.05) is 6.92 Å². The van der Waals surface area contributed by atoms with Gasteiger partial charge in [-0.3, -0.25) is 0 Å². The zero-order valence-corrected chi connectivity index (χ0v) is 9.45. The van der Waals surface area contributed by atoms with Gasteiger partial charge in [0.05, 0.1) is 6.61 Å². The van der Waals surface area contributed by atoms with Crippen molar-refractivity contribution >= 4 is 5.97 Å². The number of hydrogen-bond donors (Lipinski definition) is 2. The van der Waals surface area contributed by atoms with Crippen LogP contribution in [0.25, 0.3) is 0 Å². The van der Waals surface area contributed by atoms with E-state index >= 15 is 0 Å². The lowest BCUT2D eigenvalue weighted by molar-refractivity contribution is -0.140. The molecule has 15 heavy (non-hydrogen) atoms. The van der Waals surface area contributed by atoms with Crippen molar-refractivity contribution in [1.82, 2.24) is 0 Å². The lowest BCUT2D eigenvalue weighted by Crippen LogP contribution is -2.11. The average Bonchev–Trinajstić information content (AvgIpc) is 2.24. The molecule has 0 saturated carbocycles. The first-order valence-corrected chi connectivity index (χ1v) is 5.24. The van der Waals surface area contributed by atoms with Gasteiger partial charge in [0.15, 0.2) is 0 Å². The van der Waals surface area contributed by atoms with Crippen LogP contribution >= 0.6 is 0 Å². The Labute approximate surface area is 90.6 Å². The second-order valence-electron chi connectivity index (χ2n) is 3.31. The molecule has 0 aromatic rings. The van der Waals surface area contributed by atoms with E-state index in [0.29, 0.717) is 12.0 Å². The third kappa shape index (κ3) is 5.54. The van der Waals surface area contributed by atoms with Gasteiger partial charge in [-0.15, -0.1) is 0 Å². The van der Waals surface area contributed by atoms with Crippen molar-refractivity contribution in [2.24, 2.45) is 0 Å². The maximum absolute atomic E-state index is 11.4. The number of ether oxygens (including phenoxy) is 1. The first kappa shape index (κ1) is 14.1. The van der Waals surface area contributed by atoms with E-state index in [1.165, 1.54) is 0 Å². The van der Waals surface area contributed by atoms with E-state index in [2.05, 4.69) is 0 Å². The Morgan fingerprint density at radius 2 is 1.87 bits per heavy atom. The summed E-state index contributed by atoms with van der Waals surface area (Å²) in [5, 5.41) is 17.4. The lowest BCUT2D eigenvalue weighted by atomic mass is 10.0. The van der Waals surface area contributed by atoms with Crippen LogP contribution in [0.2, 0.25) is 0 Å². The molecule has 0 heterocycles. The third-order valence-corrected chi connectivity index (χ3v) is 2.13. The quantitative estimate of drug-likeness (QED) is 0.492. The number of aliphatic hydroxyl groups is 2. The molecule has 0 radical (unpaired) electrons. The summed E-state index contributed by atoms with van der Waals surface area (Å²) in [6.45, 7) is 3.61. The molecular weight excluding hydrogens is 196 g/mol. The number of carbonyl (C=O) groups excluding carboxylic acids is 1. The Morgan fingerprint density at radius 3 is 2.33 bits per heavy atom. The van der Waals surface area contributed by atoms with Crippen molar-refractivity contribution < 1.29 is 19.7 Å². The number of aliphatic hydroxyl groups excluding tert-OH is 2. The molecule has 0 fully saturated rings. The van der Waals surface area contributed by atoms with E-state index in [1.54, 1.807) is 6.92 Å². The van der Waals surface area contributed by atoms with Crippen LogP contribution in [-0.4, -0.2) is 36.0 Å². The maximum atomic E-state index is 11.4. The molecule has 4 nitrogen and oxygen atoms in total. The van der Waals surface area contributed by atoms with Crippen molar-refractivity contribution in [2.45, 2.75) is 33.1 Å². The van der Waals surface area contributed by atoms with Gasteiger partial charge >= 0.3 is 5.97 Å². The first-order chi connectivity index (χ1) is 7.17. The minimum atomic E-state index is -0.402.